The molecule has 1 saturated heterocycles. The van der Waals surface area contributed by atoms with Gasteiger partial charge in [0, 0.05) is 0 Å². The van der Waals surface area contributed by atoms with Crippen LogP contribution in [0.3, 0.4) is 0 Å². The summed E-state index contributed by atoms with van der Waals surface area (Å²) in [6.45, 7) is -0.666. The van der Waals surface area contributed by atoms with E-state index in [1.54, 1.807) is 0 Å². The van der Waals surface area contributed by atoms with Gasteiger partial charge in [0.15, 0.2) is 6.29 Å². The SMILES string of the molecule is NC(=O)C(=O)N[C@H](CO)[C@H]1OC(O)[C@H](O)[C@H]1O. The highest BCUT2D eigenvalue weighted by molar-refractivity contribution is 6.34. The molecule has 0 aliphatic carbocycles. The Hall–Kier alpha value is -1.26. The summed E-state index contributed by atoms with van der Waals surface area (Å²) in [5, 5.41) is 38.8. The van der Waals surface area contributed by atoms with Crippen LogP contribution in [0.4, 0.5) is 0 Å². The molecule has 9 heteroatoms. The van der Waals surface area contributed by atoms with Crippen LogP contribution in [0.2, 0.25) is 0 Å². The quantitative estimate of drug-likeness (QED) is 0.274. The summed E-state index contributed by atoms with van der Waals surface area (Å²) in [4.78, 5) is 21.5. The van der Waals surface area contributed by atoms with E-state index >= 15 is 0 Å². The molecule has 1 aliphatic rings. The molecule has 1 rings (SSSR count). The average molecular weight is 250 g/mol. The van der Waals surface area contributed by atoms with Gasteiger partial charge in [0.2, 0.25) is 0 Å². The second-order valence-electron chi connectivity index (χ2n) is 3.60. The predicted octanol–water partition coefficient (Wildman–Crippen LogP) is -4.61. The van der Waals surface area contributed by atoms with Crippen LogP contribution in [-0.2, 0) is 14.3 Å². The van der Waals surface area contributed by atoms with E-state index in [1.165, 1.54) is 0 Å². The number of aliphatic hydroxyl groups is 4. The van der Waals surface area contributed by atoms with E-state index in [-0.39, 0.29) is 0 Å². The van der Waals surface area contributed by atoms with Crippen molar-refractivity contribution in [3.05, 3.63) is 0 Å². The molecule has 1 heterocycles. The van der Waals surface area contributed by atoms with Crippen LogP contribution in [0.1, 0.15) is 0 Å². The number of amides is 2. The van der Waals surface area contributed by atoms with E-state index in [9.17, 15) is 19.8 Å². The first-order valence-corrected chi connectivity index (χ1v) is 4.79. The zero-order valence-electron chi connectivity index (χ0n) is 8.68. The van der Waals surface area contributed by atoms with Crippen LogP contribution in [0.5, 0.6) is 0 Å². The van der Waals surface area contributed by atoms with Gasteiger partial charge >= 0.3 is 11.8 Å². The molecule has 1 unspecified atom stereocenters. The summed E-state index contributed by atoms with van der Waals surface area (Å²) in [6.07, 6.45) is -5.93. The normalized spacial score (nSPS) is 34.4. The lowest BCUT2D eigenvalue weighted by Crippen LogP contribution is -2.53. The molecule has 1 fully saturated rings. The molecular formula is C8H14N2O7. The van der Waals surface area contributed by atoms with Gasteiger partial charge in [-0.3, -0.25) is 9.59 Å². The highest BCUT2D eigenvalue weighted by Gasteiger charge is 2.46. The third-order valence-electron chi connectivity index (χ3n) is 2.41. The molecule has 7 N–H and O–H groups in total. The highest BCUT2D eigenvalue weighted by atomic mass is 16.6. The second kappa shape index (κ2) is 5.38. The van der Waals surface area contributed by atoms with Crippen LogP contribution in [-0.4, -0.2) is 69.5 Å². The number of carbonyl (C=O) groups is 2. The Morgan fingerprint density at radius 2 is 1.88 bits per heavy atom. The second-order valence-corrected chi connectivity index (χ2v) is 3.60. The summed E-state index contributed by atoms with van der Waals surface area (Å²) in [5.41, 5.74) is 4.69. The maximum Gasteiger partial charge on any atom is 0.309 e. The van der Waals surface area contributed by atoms with Crippen LogP contribution in [0.15, 0.2) is 0 Å². The fourth-order valence-corrected chi connectivity index (χ4v) is 1.49. The van der Waals surface area contributed by atoms with E-state index in [4.69, 9.17) is 20.7 Å². The van der Waals surface area contributed by atoms with Crippen molar-refractivity contribution in [3.63, 3.8) is 0 Å². The molecule has 1 aliphatic heterocycles. The van der Waals surface area contributed by atoms with Gasteiger partial charge in [-0.1, -0.05) is 0 Å². The van der Waals surface area contributed by atoms with Crippen LogP contribution in [0.25, 0.3) is 0 Å². The Bertz CT molecular complexity index is 310. The number of ether oxygens (including phenoxy) is 1. The number of carbonyl (C=O) groups excluding carboxylic acids is 2. The van der Waals surface area contributed by atoms with Gasteiger partial charge in [-0.25, -0.2) is 0 Å². The molecule has 17 heavy (non-hydrogen) atoms. The van der Waals surface area contributed by atoms with Crippen LogP contribution >= 0.6 is 0 Å². The molecule has 0 spiro atoms. The van der Waals surface area contributed by atoms with Crippen molar-refractivity contribution in [3.8, 4) is 0 Å². The topological polar surface area (TPSA) is 162 Å². The standard InChI is InChI=1S/C8H14N2O7/c9-6(14)7(15)10-2(1-11)5-3(12)4(13)8(16)17-5/h2-5,8,11-13,16H,1H2,(H2,9,14)(H,10,15)/t2-,3-,4-,5-,8?/m1/s1. The van der Waals surface area contributed by atoms with Gasteiger partial charge in [-0.2, -0.15) is 0 Å². The highest BCUT2D eigenvalue weighted by Crippen LogP contribution is 2.22. The third kappa shape index (κ3) is 2.90. The summed E-state index contributed by atoms with van der Waals surface area (Å²) in [7, 11) is 0. The maximum atomic E-state index is 11.0. The molecule has 98 valence electrons. The molecule has 9 nitrogen and oxygen atoms in total. The smallest absolute Gasteiger partial charge is 0.309 e. The maximum absolute atomic E-state index is 11.0. The zero-order valence-corrected chi connectivity index (χ0v) is 8.68. The van der Waals surface area contributed by atoms with Crippen molar-refractivity contribution in [2.45, 2.75) is 30.6 Å². The van der Waals surface area contributed by atoms with Gasteiger partial charge in [0.05, 0.1) is 12.6 Å². The van der Waals surface area contributed by atoms with Gasteiger partial charge in [-0.15, -0.1) is 0 Å². The molecule has 0 aromatic rings. The summed E-state index contributed by atoms with van der Waals surface area (Å²) in [5.74, 6) is -2.44. The summed E-state index contributed by atoms with van der Waals surface area (Å²) >= 11 is 0. The van der Waals surface area contributed by atoms with Crippen LogP contribution < -0.4 is 11.1 Å². The number of rotatable bonds is 3. The number of hydrogen-bond donors (Lipinski definition) is 6. The minimum absolute atomic E-state index is 0.666. The van der Waals surface area contributed by atoms with Gasteiger partial charge in [0.1, 0.15) is 18.3 Å². The number of hydrogen-bond acceptors (Lipinski definition) is 7. The van der Waals surface area contributed by atoms with Crippen molar-refractivity contribution in [2.75, 3.05) is 6.61 Å². The van der Waals surface area contributed by atoms with Crippen molar-refractivity contribution in [1.82, 2.24) is 5.32 Å². The Balaban J connectivity index is 2.68. The van der Waals surface area contributed by atoms with Crippen molar-refractivity contribution < 1.29 is 34.8 Å². The Labute approximate surface area is 95.8 Å². The van der Waals surface area contributed by atoms with Gasteiger partial charge in [-0.05, 0) is 0 Å². The molecule has 0 aromatic heterocycles. The monoisotopic (exact) mass is 250 g/mol. The lowest BCUT2D eigenvalue weighted by Gasteiger charge is -2.23. The number of aliphatic hydroxyl groups excluding tert-OH is 4. The van der Waals surface area contributed by atoms with E-state index < -0.39 is 49.1 Å². The molecule has 2 amide bonds. The minimum atomic E-state index is -1.63. The Kier molecular flexibility index (Phi) is 4.37. The summed E-state index contributed by atoms with van der Waals surface area (Å²) < 4.78 is 4.75. The lowest BCUT2D eigenvalue weighted by atomic mass is 10.0. The fraction of sp³-hybridized carbons (Fsp3) is 0.750. The van der Waals surface area contributed by atoms with Crippen molar-refractivity contribution in [2.24, 2.45) is 5.73 Å². The van der Waals surface area contributed by atoms with Crippen molar-refractivity contribution in [1.29, 1.82) is 0 Å². The third-order valence-corrected chi connectivity index (χ3v) is 2.41. The molecule has 0 saturated carbocycles. The molecule has 0 aromatic carbocycles. The average Bonchev–Trinajstić information content (AvgIpc) is 2.53. The largest absolute Gasteiger partial charge is 0.394 e. The van der Waals surface area contributed by atoms with Gasteiger partial charge in [0.25, 0.3) is 0 Å². The van der Waals surface area contributed by atoms with E-state index in [0.717, 1.165) is 0 Å². The van der Waals surface area contributed by atoms with Crippen LogP contribution in [0, 0.1) is 0 Å². The van der Waals surface area contributed by atoms with E-state index in [0.29, 0.717) is 0 Å². The predicted molar refractivity (Wildman–Crippen MR) is 51.1 cm³/mol. The van der Waals surface area contributed by atoms with E-state index in [1.807, 2.05) is 5.32 Å². The minimum Gasteiger partial charge on any atom is -0.394 e. The number of nitrogens with two attached hydrogens (primary N) is 1. The Morgan fingerprint density at radius 1 is 1.29 bits per heavy atom. The van der Waals surface area contributed by atoms with Gasteiger partial charge < -0.3 is 36.2 Å². The van der Waals surface area contributed by atoms with Crippen molar-refractivity contribution >= 4 is 11.8 Å². The summed E-state index contributed by atoms with van der Waals surface area (Å²) in [6, 6.07) is -1.17. The fourth-order valence-electron chi connectivity index (χ4n) is 1.49. The number of primary amides is 1. The first kappa shape index (κ1) is 13.8. The Morgan fingerprint density at radius 3 is 2.24 bits per heavy atom. The molecule has 0 bridgehead atoms. The first-order valence-electron chi connectivity index (χ1n) is 4.79. The molecular weight excluding hydrogens is 236 g/mol. The van der Waals surface area contributed by atoms with E-state index in [2.05, 4.69) is 0 Å². The molecule has 5 atom stereocenters. The lowest BCUT2D eigenvalue weighted by molar-refractivity contribution is -0.143. The number of nitrogens with one attached hydrogen (secondary N) is 1. The first-order chi connectivity index (χ1) is 7.88. The molecule has 0 radical (unpaired) electrons. The zero-order chi connectivity index (χ0) is 13.2.